The van der Waals surface area contributed by atoms with E-state index in [-0.39, 0.29) is 12.5 Å². The van der Waals surface area contributed by atoms with Crippen LogP contribution < -0.4 is 5.32 Å². The molecule has 0 aliphatic carbocycles. The fourth-order valence-electron chi connectivity index (χ4n) is 2.05. The highest BCUT2D eigenvalue weighted by atomic mass is 32.2. The van der Waals surface area contributed by atoms with Gasteiger partial charge < -0.3 is 25.4 Å². The van der Waals surface area contributed by atoms with Gasteiger partial charge in [0.2, 0.25) is 5.91 Å². The second-order valence-corrected chi connectivity index (χ2v) is 5.63. The molecule has 0 spiro atoms. The maximum atomic E-state index is 11.5. The summed E-state index contributed by atoms with van der Waals surface area (Å²) < 4.78 is 5.45. The Balaban J connectivity index is 2.00. The molecule has 0 aromatic carbocycles. The van der Waals surface area contributed by atoms with Crippen LogP contribution in [0.25, 0.3) is 0 Å². The van der Waals surface area contributed by atoms with E-state index in [1.807, 2.05) is 6.92 Å². The molecule has 1 fully saturated rings. The first-order valence-electron chi connectivity index (χ1n) is 6.23. The molecule has 5 atom stereocenters. The SMILES string of the molecule is CCCC(=O)NC1=NC2C(OC(CO)C(O)C2O)S1. The lowest BCUT2D eigenvalue weighted by Gasteiger charge is -2.37. The number of amides is 1. The number of rotatable bonds is 3. The minimum absolute atomic E-state index is 0.138. The number of amidine groups is 1. The molecule has 2 aliphatic rings. The maximum Gasteiger partial charge on any atom is 0.225 e. The van der Waals surface area contributed by atoms with Gasteiger partial charge in [-0.25, -0.2) is 0 Å². The number of hydrogen-bond acceptors (Lipinski definition) is 7. The van der Waals surface area contributed by atoms with E-state index in [9.17, 15) is 15.0 Å². The van der Waals surface area contributed by atoms with Crippen molar-refractivity contribution in [1.29, 1.82) is 0 Å². The lowest BCUT2D eigenvalue weighted by atomic mass is 9.99. The second kappa shape index (κ2) is 6.19. The summed E-state index contributed by atoms with van der Waals surface area (Å²) in [5.41, 5.74) is -0.493. The van der Waals surface area contributed by atoms with Crippen LogP contribution in [0.2, 0.25) is 0 Å². The maximum absolute atomic E-state index is 11.5. The molecule has 0 bridgehead atoms. The van der Waals surface area contributed by atoms with Crippen molar-refractivity contribution in [3.8, 4) is 0 Å². The van der Waals surface area contributed by atoms with Crippen molar-refractivity contribution in [1.82, 2.24) is 5.32 Å². The Kier molecular flexibility index (Phi) is 4.80. The Bertz CT molecular complexity index is 378. The van der Waals surface area contributed by atoms with Gasteiger partial charge >= 0.3 is 0 Å². The fraction of sp³-hybridized carbons (Fsp3) is 0.818. The van der Waals surface area contributed by atoms with E-state index in [1.165, 1.54) is 11.8 Å². The molecular weight excluding hydrogens is 272 g/mol. The monoisotopic (exact) mass is 290 g/mol. The minimum Gasteiger partial charge on any atom is -0.394 e. The summed E-state index contributed by atoms with van der Waals surface area (Å²) in [6.07, 6.45) is -1.98. The molecule has 8 heteroatoms. The molecule has 0 aromatic heterocycles. The number of nitrogens with zero attached hydrogens (tertiary/aromatic N) is 1. The number of nitrogens with one attached hydrogen (secondary N) is 1. The third-order valence-corrected chi connectivity index (χ3v) is 4.12. The predicted octanol–water partition coefficient (Wildman–Crippen LogP) is -1.19. The van der Waals surface area contributed by atoms with Gasteiger partial charge in [-0.15, -0.1) is 0 Å². The topological polar surface area (TPSA) is 111 Å². The number of aliphatic hydroxyl groups is 3. The van der Waals surface area contributed by atoms with E-state index in [0.29, 0.717) is 11.6 Å². The average Bonchev–Trinajstić information content (AvgIpc) is 2.76. The molecule has 108 valence electrons. The van der Waals surface area contributed by atoms with E-state index >= 15 is 0 Å². The zero-order valence-corrected chi connectivity index (χ0v) is 11.3. The number of fused-ring (bicyclic) bond motifs is 1. The lowest BCUT2D eigenvalue weighted by molar-refractivity contribution is -0.164. The van der Waals surface area contributed by atoms with Crippen molar-refractivity contribution >= 4 is 22.8 Å². The molecule has 2 heterocycles. The van der Waals surface area contributed by atoms with Gasteiger partial charge in [-0.1, -0.05) is 18.7 Å². The van der Waals surface area contributed by atoms with Gasteiger partial charge in [-0.05, 0) is 6.42 Å². The summed E-state index contributed by atoms with van der Waals surface area (Å²) in [5.74, 6) is -0.138. The highest BCUT2D eigenvalue weighted by Crippen LogP contribution is 2.35. The van der Waals surface area contributed by atoms with E-state index in [4.69, 9.17) is 9.84 Å². The molecule has 19 heavy (non-hydrogen) atoms. The summed E-state index contributed by atoms with van der Waals surface area (Å²) in [4.78, 5) is 15.6. The van der Waals surface area contributed by atoms with E-state index < -0.39 is 29.8 Å². The van der Waals surface area contributed by atoms with Crippen LogP contribution in [0.1, 0.15) is 19.8 Å². The highest BCUT2D eigenvalue weighted by Gasteiger charge is 2.48. The van der Waals surface area contributed by atoms with Gasteiger partial charge in [0.15, 0.2) is 5.17 Å². The number of ether oxygens (including phenoxy) is 1. The number of thioether (sulfide) groups is 1. The van der Waals surface area contributed by atoms with Gasteiger partial charge in [0.05, 0.1) is 6.61 Å². The molecular formula is C11H18N2O5S. The van der Waals surface area contributed by atoms with Crippen LogP contribution in [0.15, 0.2) is 4.99 Å². The Morgan fingerprint density at radius 2 is 2.21 bits per heavy atom. The highest BCUT2D eigenvalue weighted by molar-refractivity contribution is 8.14. The first-order valence-corrected chi connectivity index (χ1v) is 7.11. The first kappa shape index (κ1) is 14.7. The number of carbonyl (C=O) groups excluding carboxylic acids is 1. The molecule has 0 radical (unpaired) electrons. The quantitative estimate of drug-likeness (QED) is 0.520. The van der Waals surface area contributed by atoms with Crippen LogP contribution >= 0.6 is 11.8 Å². The molecule has 2 rings (SSSR count). The van der Waals surface area contributed by atoms with Crippen LogP contribution in [-0.2, 0) is 9.53 Å². The molecule has 1 saturated heterocycles. The normalized spacial score (nSPS) is 37.7. The molecule has 4 N–H and O–H groups in total. The molecule has 0 saturated carbocycles. The molecule has 0 aromatic rings. The summed E-state index contributed by atoms with van der Waals surface area (Å²) in [5, 5.41) is 31.8. The van der Waals surface area contributed by atoms with Crippen LogP contribution in [0, 0.1) is 0 Å². The van der Waals surface area contributed by atoms with Gasteiger partial charge in [0, 0.05) is 6.42 Å². The standard InChI is InChI=1S/C11H18N2O5S/c1-2-3-6(15)12-11-13-7-9(17)8(16)5(4-14)18-10(7)19-11/h5,7-10,14,16-17H,2-4H2,1H3,(H,12,13,15). The van der Waals surface area contributed by atoms with Crippen LogP contribution in [-0.4, -0.2) is 62.8 Å². The summed E-state index contributed by atoms with van der Waals surface area (Å²) in [7, 11) is 0. The van der Waals surface area contributed by atoms with Crippen molar-refractivity contribution < 1.29 is 24.9 Å². The number of aliphatic hydroxyl groups excluding tert-OH is 3. The Morgan fingerprint density at radius 3 is 2.84 bits per heavy atom. The molecule has 1 amide bonds. The van der Waals surface area contributed by atoms with E-state index in [2.05, 4.69) is 10.3 Å². The Labute approximate surface area is 115 Å². The predicted molar refractivity (Wildman–Crippen MR) is 69.6 cm³/mol. The van der Waals surface area contributed by atoms with Crippen molar-refractivity contribution in [2.24, 2.45) is 4.99 Å². The lowest BCUT2D eigenvalue weighted by Crippen LogP contribution is -2.55. The van der Waals surface area contributed by atoms with Gasteiger partial charge in [-0.2, -0.15) is 0 Å². The zero-order valence-electron chi connectivity index (χ0n) is 10.5. The van der Waals surface area contributed by atoms with Crippen LogP contribution in [0.5, 0.6) is 0 Å². The number of aliphatic imine (C=N–C) groups is 1. The molecule has 2 aliphatic heterocycles. The van der Waals surface area contributed by atoms with E-state index in [0.717, 1.165) is 6.42 Å². The third-order valence-electron chi connectivity index (χ3n) is 3.07. The van der Waals surface area contributed by atoms with Crippen LogP contribution in [0.4, 0.5) is 0 Å². The summed E-state index contributed by atoms with van der Waals surface area (Å²) in [6.45, 7) is 1.53. The molecule has 5 unspecified atom stereocenters. The van der Waals surface area contributed by atoms with Crippen molar-refractivity contribution in [2.45, 2.75) is 49.6 Å². The summed E-state index contributed by atoms with van der Waals surface area (Å²) >= 11 is 1.19. The first-order chi connectivity index (χ1) is 9.06. The van der Waals surface area contributed by atoms with Gasteiger partial charge in [-0.3, -0.25) is 9.79 Å². The van der Waals surface area contributed by atoms with Crippen molar-refractivity contribution in [3.05, 3.63) is 0 Å². The smallest absolute Gasteiger partial charge is 0.225 e. The zero-order chi connectivity index (χ0) is 14.0. The van der Waals surface area contributed by atoms with Gasteiger partial charge in [0.1, 0.15) is 29.8 Å². The van der Waals surface area contributed by atoms with Gasteiger partial charge in [0.25, 0.3) is 0 Å². The molecule has 7 nitrogen and oxygen atoms in total. The van der Waals surface area contributed by atoms with Crippen molar-refractivity contribution in [3.63, 3.8) is 0 Å². The van der Waals surface area contributed by atoms with E-state index in [1.54, 1.807) is 0 Å². The fourth-order valence-corrected chi connectivity index (χ4v) is 3.18. The Hall–Kier alpha value is -0.670. The summed E-state index contributed by atoms with van der Waals surface area (Å²) in [6, 6.07) is -0.625. The third kappa shape index (κ3) is 3.09. The second-order valence-electron chi connectivity index (χ2n) is 4.55. The number of hydrogen-bond donors (Lipinski definition) is 4. The Morgan fingerprint density at radius 1 is 1.47 bits per heavy atom. The van der Waals surface area contributed by atoms with Crippen LogP contribution in [0.3, 0.4) is 0 Å². The van der Waals surface area contributed by atoms with Crippen molar-refractivity contribution in [2.75, 3.05) is 6.61 Å². The average molecular weight is 290 g/mol. The minimum atomic E-state index is -1.18. The number of carbonyl (C=O) groups is 1. The largest absolute Gasteiger partial charge is 0.394 e.